The van der Waals surface area contributed by atoms with Crippen LogP contribution in [-0.4, -0.2) is 36.6 Å². The van der Waals surface area contributed by atoms with Gasteiger partial charge in [0, 0.05) is 18.6 Å². The summed E-state index contributed by atoms with van der Waals surface area (Å²) in [6, 6.07) is 1.62. The average Bonchev–Trinajstić information content (AvgIpc) is 2.86. The summed E-state index contributed by atoms with van der Waals surface area (Å²) in [5, 5.41) is 4.04. The standard InChI is InChI=1S/C18H32N2/c1-12(2)20-4-3-13(11-20)10-19-18-16-6-14-5-15(8-16)9-17(18)7-14/h12-19H,3-11H2,1-2H3. The second kappa shape index (κ2) is 5.28. The first-order valence-corrected chi connectivity index (χ1v) is 9.16. The number of nitrogens with zero attached hydrogens (tertiary/aromatic N) is 1. The van der Waals surface area contributed by atoms with Gasteiger partial charge in [-0.25, -0.2) is 0 Å². The fraction of sp³-hybridized carbons (Fsp3) is 1.00. The van der Waals surface area contributed by atoms with E-state index in [4.69, 9.17) is 0 Å². The smallest absolute Gasteiger partial charge is 0.0124 e. The summed E-state index contributed by atoms with van der Waals surface area (Å²) in [5.41, 5.74) is 0. The molecule has 5 rings (SSSR count). The highest BCUT2D eigenvalue weighted by Gasteiger charge is 2.48. The van der Waals surface area contributed by atoms with Crippen molar-refractivity contribution in [2.45, 2.75) is 64.5 Å². The Kier molecular flexibility index (Phi) is 3.58. The minimum atomic E-state index is 0.737. The van der Waals surface area contributed by atoms with E-state index in [1.807, 2.05) is 0 Å². The molecule has 0 aromatic heterocycles. The van der Waals surface area contributed by atoms with E-state index >= 15 is 0 Å². The number of likely N-dealkylation sites (tertiary alicyclic amines) is 1. The van der Waals surface area contributed by atoms with Gasteiger partial charge in [0.2, 0.25) is 0 Å². The van der Waals surface area contributed by atoms with Crippen molar-refractivity contribution in [3.63, 3.8) is 0 Å². The molecule has 0 aromatic rings. The fourth-order valence-electron chi connectivity index (χ4n) is 6.06. The van der Waals surface area contributed by atoms with Crippen LogP contribution in [0, 0.1) is 29.6 Å². The number of nitrogens with one attached hydrogen (secondary N) is 1. The third-order valence-electron chi connectivity index (χ3n) is 6.92. The van der Waals surface area contributed by atoms with E-state index in [1.165, 1.54) is 26.1 Å². The molecule has 20 heavy (non-hydrogen) atoms. The summed E-state index contributed by atoms with van der Waals surface area (Å²) in [4.78, 5) is 2.66. The first-order chi connectivity index (χ1) is 9.69. The van der Waals surface area contributed by atoms with Gasteiger partial charge in [0.05, 0.1) is 0 Å². The molecular weight excluding hydrogens is 244 g/mol. The van der Waals surface area contributed by atoms with Crippen LogP contribution < -0.4 is 5.32 Å². The SMILES string of the molecule is CC(C)N1CCC(CNC2C3CC4CC(C3)CC2C4)C1. The third-order valence-corrected chi connectivity index (χ3v) is 6.92. The van der Waals surface area contributed by atoms with E-state index in [1.54, 1.807) is 32.1 Å². The molecule has 4 saturated carbocycles. The highest BCUT2D eigenvalue weighted by Crippen LogP contribution is 2.53. The molecule has 0 amide bonds. The van der Waals surface area contributed by atoms with Crippen LogP contribution in [0.1, 0.15) is 52.4 Å². The molecule has 0 radical (unpaired) electrons. The summed E-state index contributed by atoms with van der Waals surface area (Å²) >= 11 is 0. The number of hydrogen-bond donors (Lipinski definition) is 1. The predicted octanol–water partition coefficient (Wildman–Crippen LogP) is 3.13. The van der Waals surface area contributed by atoms with E-state index in [0.717, 1.165) is 41.7 Å². The van der Waals surface area contributed by atoms with Crippen molar-refractivity contribution >= 4 is 0 Å². The van der Waals surface area contributed by atoms with Crippen molar-refractivity contribution in [1.29, 1.82) is 0 Å². The molecule has 1 heterocycles. The lowest BCUT2D eigenvalue weighted by atomic mass is 9.54. The molecule has 4 bridgehead atoms. The summed E-state index contributed by atoms with van der Waals surface area (Å²) in [5.74, 6) is 5.20. The zero-order valence-corrected chi connectivity index (χ0v) is 13.4. The molecule has 0 spiro atoms. The van der Waals surface area contributed by atoms with Gasteiger partial charge in [0.15, 0.2) is 0 Å². The molecule has 1 atom stereocenters. The minimum absolute atomic E-state index is 0.737. The lowest BCUT2D eigenvalue weighted by Gasteiger charge is -2.54. The molecule has 1 aliphatic heterocycles. The monoisotopic (exact) mass is 276 g/mol. The molecule has 114 valence electrons. The normalized spacial score (nSPS) is 47.5. The lowest BCUT2D eigenvalue weighted by molar-refractivity contribution is -0.0147. The van der Waals surface area contributed by atoms with Crippen molar-refractivity contribution < 1.29 is 0 Å². The number of rotatable bonds is 4. The molecule has 2 heteroatoms. The second-order valence-corrected chi connectivity index (χ2v) is 8.61. The Labute approximate surface area is 124 Å². The Bertz CT molecular complexity index is 323. The van der Waals surface area contributed by atoms with Crippen LogP contribution >= 0.6 is 0 Å². The summed E-state index contributed by atoms with van der Waals surface area (Å²) in [7, 11) is 0. The van der Waals surface area contributed by atoms with Crippen molar-refractivity contribution in [3.05, 3.63) is 0 Å². The molecular formula is C18H32N2. The van der Waals surface area contributed by atoms with Gasteiger partial charge in [-0.05, 0) is 95.1 Å². The predicted molar refractivity (Wildman–Crippen MR) is 83.7 cm³/mol. The molecule has 1 N–H and O–H groups in total. The van der Waals surface area contributed by atoms with Crippen LogP contribution in [0.15, 0.2) is 0 Å². The van der Waals surface area contributed by atoms with Gasteiger partial charge in [-0.1, -0.05) is 0 Å². The summed E-state index contributed by atoms with van der Waals surface area (Å²) in [6.07, 6.45) is 9.19. The number of hydrogen-bond acceptors (Lipinski definition) is 2. The summed E-state index contributed by atoms with van der Waals surface area (Å²) < 4.78 is 0. The Morgan fingerprint density at radius 1 is 1.00 bits per heavy atom. The van der Waals surface area contributed by atoms with Crippen LogP contribution in [0.25, 0.3) is 0 Å². The molecule has 4 aliphatic carbocycles. The van der Waals surface area contributed by atoms with Crippen LogP contribution in [0.3, 0.4) is 0 Å². The molecule has 1 saturated heterocycles. The van der Waals surface area contributed by atoms with Gasteiger partial charge < -0.3 is 10.2 Å². The molecule has 5 aliphatic rings. The van der Waals surface area contributed by atoms with Crippen molar-refractivity contribution in [1.82, 2.24) is 10.2 Å². The van der Waals surface area contributed by atoms with Crippen molar-refractivity contribution in [3.8, 4) is 0 Å². The van der Waals surface area contributed by atoms with Gasteiger partial charge in [-0.2, -0.15) is 0 Å². The average molecular weight is 276 g/mol. The molecule has 5 fully saturated rings. The first-order valence-electron chi connectivity index (χ1n) is 9.16. The zero-order chi connectivity index (χ0) is 13.7. The molecule has 1 unspecified atom stereocenters. The largest absolute Gasteiger partial charge is 0.313 e. The van der Waals surface area contributed by atoms with Crippen LogP contribution in [0.2, 0.25) is 0 Å². The van der Waals surface area contributed by atoms with E-state index < -0.39 is 0 Å². The Morgan fingerprint density at radius 3 is 2.20 bits per heavy atom. The van der Waals surface area contributed by atoms with Crippen LogP contribution in [0.5, 0.6) is 0 Å². The third kappa shape index (κ3) is 2.43. The second-order valence-electron chi connectivity index (χ2n) is 8.61. The highest BCUT2D eigenvalue weighted by molar-refractivity contribution is 5.01. The van der Waals surface area contributed by atoms with Crippen LogP contribution in [0.4, 0.5) is 0 Å². The van der Waals surface area contributed by atoms with Gasteiger partial charge in [-0.15, -0.1) is 0 Å². The Balaban J connectivity index is 1.30. The highest BCUT2D eigenvalue weighted by atomic mass is 15.2. The Hall–Kier alpha value is -0.0800. The van der Waals surface area contributed by atoms with Gasteiger partial charge in [-0.3, -0.25) is 0 Å². The van der Waals surface area contributed by atoms with Gasteiger partial charge in [0.1, 0.15) is 0 Å². The maximum Gasteiger partial charge on any atom is 0.0124 e. The first kappa shape index (κ1) is 13.6. The quantitative estimate of drug-likeness (QED) is 0.848. The lowest BCUT2D eigenvalue weighted by Crippen LogP contribution is -2.55. The van der Waals surface area contributed by atoms with Crippen molar-refractivity contribution in [2.24, 2.45) is 29.6 Å². The topological polar surface area (TPSA) is 15.3 Å². The zero-order valence-electron chi connectivity index (χ0n) is 13.4. The van der Waals surface area contributed by atoms with Crippen LogP contribution in [-0.2, 0) is 0 Å². The van der Waals surface area contributed by atoms with E-state index in [0.29, 0.717) is 0 Å². The fourth-order valence-corrected chi connectivity index (χ4v) is 6.06. The maximum atomic E-state index is 4.04. The maximum absolute atomic E-state index is 4.04. The Morgan fingerprint density at radius 2 is 1.65 bits per heavy atom. The van der Waals surface area contributed by atoms with E-state index in [-0.39, 0.29) is 0 Å². The van der Waals surface area contributed by atoms with Crippen molar-refractivity contribution in [2.75, 3.05) is 19.6 Å². The minimum Gasteiger partial charge on any atom is -0.313 e. The van der Waals surface area contributed by atoms with E-state index in [2.05, 4.69) is 24.1 Å². The molecule has 0 aromatic carbocycles. The van der Waals surface area contributed by atoms with Gasteiger partial charge in [0.25, 0.3) is 0 Å². The molecule has 2 nitrogen and oxygen atoms in total. The van der Waals surface area contributed by atoms with Gasteiger partial charge >= 0.3 is 0 Å². The van der Waals surface area contributed by atoms with E-state index in [9.17, 15) is 0 Å². The summed E-state index contributed by atoms with van der Waals surface area (Å²) in [6.45, 7) is 8.63.